The first-order valence-electron chi connectivity index (χ1n) is 8.19. The van der Waals surface area contributed by atoms with Crippen LogP contribution in [0.1, 0.15) is 37.3 Å². The lowest BCUT2D eigenvalue weighted by atomic mass is 9.78. The van der Waals surface area contributed by atoms with E-state index in [9.17, 15) is 28.1 Å². The zero-order valence-corrected chi connectivity index (χ0v) is 15.0. The van der Waals surface area contributed by atoms with Crippen LogP contribution in [0.5, 0.6) is 0 Å². The molecule has 2 unspecified atom stereocenters. The van der Waals surface area contributed by atoms with Crippen molar-refractivity contribution in [1.29, 1.82) is 5.26 Å². The number of hydrogen-bond acceptors (Lipinski definition) is 6. The van der Waals surface area contributed by atoms with Crippen LogP contribution in [0.3, 0.4) is 0 Å². The molecule has 2 atom stereocenters. The van der Waals surface area contributed by atoms with E-state index in [1.807, 2.05) is 0 Å². The standard InChI is InChI=1S/C18H16F3N3O4/c1-10-14(17(25)28-9-5-8-22)15(16(24(26)27)11(2)23-10)12-6-3-4-7-13(12)18(19,20)21/h3-4,6-7,15-16H,5,9H2,1-2H3. The number of aliphatic imine (C=N–C) groups is 1. The van der Waals surface area contributed by atoms with E-state index >= 15 is 0 Å². The second-order valence-electron chi connectivity index (χ2n) is 6.09. The van der Waals surface area contributed by atoms with Gasteiger partial charge in [-0.1, -0.05) is 18.2 Å². The number of alkyl halides is 3. The van der Waals surface area contributed by atoms with Gasteiger partial charge in [0, 0.05) is 10.6 Å². The molecule has 148 valence electrons. The second kappa shape index (κ2) is 8.21. The molecule has 1 aromatic rings. The van der Waals surface area contributed by atoms with E-state index in [0.29, 0.717) is 0 Å². The normalized spacial score (nSPS) is 19.6. The number of nitro groups is 1. The molecule has 1 aliphatic heterocycles. The lowest BCUT2D eigenvalue weighted by Gasteiger charge is -2.29. The van der Waals surface area contributed by atoms with Gasteiger partial charge >= 0.3 is 12.1 Å². The van der Waals surface area contributed by atoms with E-state index in [1.54, 1.807) is 6.07 Å². The minimum absolute atomic E-state index is 0.0157. The van der Waals surface area contributed by atoms with Crippen molar-refractivity contribution in [1.82, 2.24) is 0 Å². The first-order valence-corrected chi connectivity index (χ1v) is 8.19. The van der Waals surface area contributed by atoms with Crippen LogP contribution in [0.4, 0.5) is 13.2 Å². The summed E-state index contributed by atoms with van der Waals surface area (Å²) in [6.45, 7) is 2.42. The Morgan fingerprint density at radius 2 is 2.00 bits per heavy atom. The Hall–Kier alpha value is -3.22. The summed E-state index contributed by atoms with van der Waals surface area (Å²) in [6, 6.07) is 4.50. The zero-order valence-electron chi connectivity index (χ0n) is 15.0. The van der Waals surface area contributed by atoms with Crippen LogP contribution < -0.4 is 0 Å². The number of carbonyl (C=O) groups is 1. The number of nitriles is 1. The van der Waals surface area contributed by atoms with Crippen molar-refractivity contribution in [2.45, 2.75) is 38.4 Å². The highest BCUT2D eigenvalue weighted by Gasteiger charge is 2.48. The smallest absolute Gasteiger partial charge is 0.416 e. The molecule has 0 saturated carbocycles. The van der Waals surface area contributed by atoms with Gasteiger partial charge in [0.1, 0.15) is 6.61 Å². The largest absolute Gasteiger partial charge is 0.461 e. The van der Waals surface area contributed by atoms with Crippen molar-refractivity contribution in [2.75, 3.05) is 6.61 Å². The summed E-state index contributed by atoms with van der Waals surface area (Å²) in [4.78, 5) is 27.4. The number of allylic oxidation sites excluding steroid dienone is 1. The first kappa shape index (κ1) is 21.1. The number of benzene rings is 1. The van der Waals surface area contributed by atoms with Gasteiger partial charge in [-0.25, -0.2) is 4.79 Å². The molecular formula is C18H16F3N3O4. The summed E-state index contributed by atoms with van der Waals surface area (Å²) in [5.74, 6) is -2.56. The monoisotopic (exact) mass is 395 g/mol. The molecule has 10 heteroatoms. The zero-order chi connectivity index (χ0) is 21.1. The summed E-state index contributed by atoms with van der Waals surface area (Å²) in [7, 11) is 0. The third-order valence-corrected chi connectivity index (χ3v) is 4.28. The number of esters is 1. The molecule has 0 aromatic heterocycles. The predicted molar refractivity (Wildman–Crippen MR) is 92.0 cm³/mol. The fourth-order valence-corrected chi connectivity index (χ4v) is 3.18. The molecule has 1 heterocycles. The average Bonchev–Trinajstić information content (AvgIpc) is 2.60. The van der Waals surface area contributed by atoms with Gasteiger partial charge < -0.3 is 4.74 Å². The maximum atomic E-state index is 13.5. The van der Waals surface area contributed by atoms with E-state index in [2.05, 4.69) is 4.99 Å². The van der Waals surface area contributed by atoms with Crippen molar-refractivity contribution >= 4 is 11.7 Å². The van der Waals surface area contributed by atoms with Crippen LogP contribution in [-0.4, -0.2) is 29.3 Å². The Labute approximate surface area is 158 Å². The molecule has 1 aromatic carbocycles. The van der Waals surface area contributed by atoms with E-state index in [4.69, 9.17) is 10.00 Å². The molecule has 0 bridgehead atoms. The van der Waals surface area contributed by atoms with Gasteiger partial charge in [-0.05, 0) is 25.5 Å². The van der Waals surface area contributed by atoms with Crippen LogP contribution in [0, 0.1) is 21.4 Å². The molecule has 28 heavy (non-hydrogen) atoms. The number of ether oxygens (including phenoxy) is 1. The molecule has 0 spiro atoms. The number of carbonyl (C=O) groups excluding carboxylic acids is 1. The molecular weight excluding hydrogens is 379 g/mol. The predicted octanol–water partition coefficient (Wildman–Crippen LogP) is 3.64. The molecule has 1 aliphatic rings. The van der Waals surface area contributed by atoms with Crippen molar-refractivity contribution in [2.24, 2.45) is 4.99 Å². The average molecular weight is 395 g/mol. The van der Waals surface area contributed by atoms with Crippen LogP contribution in [0.2, 0.25) is 0 Å². The van der Waals surface area contributed by atoms with Crippen molar-refractivity contribution < 1.29 is 27.6 Å². The fourth-order valence-electron chi connectivity index (χ4n) is 3.18. The van der Waals surface area contributed by atoms with Crippen LogP contribution in [0.25, 0.3) is 0 Å². The van der Waals surface area contributed by atoms with Crippen molar-refractivity contribution in [3.63, 3.8) is 0 Å². The summed E-state index contributed by atoms with van der Waals surface area (Å²) in [5.41, 5.74) is -1.77. The SMILES string of the molecule is CC1=NC(C)=C(C(=O)OCCC#N)C(c2ccccc2C(F)(F)F)C1[N+](=O)[O-]. The number of nitrogens with zero attached hydrogens (tertiary/aromatic N) is 3. The second-order valence-corrected chi connectivity index (χ2v) is 6.09. The van der Waals surface area contributed by atoms with E-state index < -0.39 is 40.2 Å². The van der Waals surface area contributed by atoms with Gasteiger partial charge in [-0.3, -0.25) is 15.1 Å². The Morgan fingerprint density at radius 3 is 2.57 bits per heavy atom. The Bertz CT molecular complexity index is 900. The highest BCUT2D eigenvalue weighted by atomic mass is 19.4. The lowest BCUT2D eigenvalue weighted by Crippen LogP contribution is -2.40. The van der Waals surface area contributed by atoms with Gasteiger partial charge in [-0.15, -0.1) is 0 Å². The molecule has 0 aliphatic carbocycles. The summed E-state index contributed by atoms with van der Waals surface area (Å²) < 4.78 is 45.5. The van der Waals surface area contributed by atoms with E-state index in [0.717, 1.165) is 12.1 Å². The fraction of sp³-hybridized carbons (Fsp3) is 0.389. The van der Waals surface area contributed by atoms with Crippen LogP contribution in [-0.2, 0) is 15.7 Å². The number of rotatable bonds is 5. The molecule has 0 radical (unpaired) electrons. The third-order valence-electron chi connectivity index (χ3n) is 4.28. The molecule has 0 N–H and O–H groups in total. The van der Waals surface area contributed by atoms with Crippen molar-refractivity contribution in [3.8, 4) is 6.07 Å². The molecule has 0 saturated heterocycles. The summed E-state index contributed by atoms with van der Waals surface area (Å²) >= 11 is 0. The number of hydrogen-bond donors (Lipinski definition) is 0. The third kappa shape index (κ3) is 4.19. The van der Waals surface area contributed by atoms with Crippen LogP contribution in [0.15, 0.2) is 40.5 Å². The summed E-state index contributed by atoms with van der Waals surface area (Å²) in [6.07, 6.45) is -4.90. The van der Waals surface area contributed by atoms with Gasteiger partial charge in [0.05, 0.1) is 35.3 Å². The van der Waals surface area contributed by atoms with E-state index in [1.165, 1.54) is 26.0 Å². The highest BCUT2D eigenvalue weighted by Crippen LogP contribution is 2.42. The Morgan fingerprint density at radius 1 is 1.36 bits per heavy atom. The molecule has 0 amide bonds. The van der Waals surface area contributed by atoms with Gasteiger partial charge in [0.15, 0.2) is 0 Å². The molecule has 0 fully saturated rings. The van der Waals surface area contributed by atoms with E-state index in [-0.39, 0.29) is 30.0 Å². The topological polar surface area (TPSA) is 106 Å². The first-order chi connectivity index (χ1) is 13.1. The summed E-state index contributed by atoms with van der Waals surface area (Å²) in [5, 5.41) is 20.2. The lowest BCUT2D eigenvalue weighted by molar-refractivity contribution is -0.505. The Kier molecular flexibility index (Phi) is 6.18. The Balaban J connectivity index is 2.68. The quantitative estimate of drug-likeness (QED) is 0.328. The van der Waals surface area contributed by atoms with Gasteiger partial charge in [0.25, 0.3) is 6.04 Å². The van der Waals surface area contributed by atoms with Crippen LogP contribution >= 0.6 is 0 Å². The molecule has 7 nitrogen and oxygen atoms in total. The van der Waals surface area contributed by atoms with Gasteiger partial charge in [-0.2, -0.15) is 18.4 Å². The minimum atomic E-state index is -4.77. The van der Waals surface area contributed by atoms with Crippen molar-refractivity contribution in [3.05, 3.63) is 56.8 Å². The number of halogens is 3. The molecule has 2 rings (SSSR count). The maximum Gasteiger partial charge on any atom is 0.416 e. The maximum absolute atomic E-state index is 13.5. The minimum Gasteiger partial charge on any atom is -0.461 e. The van der Waals surface area contributed by atoms with Gasteiger partial charge in [0.2, 0.25) is 0 Å². The highest BCUT2D eigenvalue weighted by molar-refractivity contribution is 5.98.